The molecule has 0 saturated carbocycles. The fourth-order valence-corrected chi connectivity index (χ4v) is 2.86. The first-order valence-electron chi connectivity index (χ1n) is 9.26. The summed E-state index contributed by atoms with van der Waals surface area (Å²) in [6.07, 6.45) is -0.249. The molecule has 2 amide bonds. The molecule has 0 radical (unpaired) electrons. The van der Waals surface area contributed by atoms with Gasteiger partial charge in [-0.3, -0.25) is 9.59 Å². The van der Waals surface area contributed by atoms with Gasteiger partial charge in [0.25, 0.3) is 0 Å². The van der Waals surface area contributed by atoms with E-state index in [2.05, 4.69) is 10.2 Å². The Labute approximate surface area is 160 Å². The van der Waals surface area contributed by atoms with Gasteiger partial charge in [0, 0.05) is 50.4 Å². The molecule has 0 bridgehead atoms. The Morgan fingerprint density at radius 1 is 1.04 bits per heavy atom. The third kappa shape index (κ3) is 6.58. The van der Waals surface area contributed by atoms with Crippen molar-refractivity contribution in [3.8, 4) is 0 Å². The van der Waals surface area contributed by atoms with Crippen LogP contribution in [0.3, 0.4) is 0 Å². The van der Waals surface area contributed by atoms with Crippen molar-refractivity contribution in [2.45, 2.75) is 39.7 Å². The summed E-state index contributed by atoms with van der Waals surface area (Å²) >= 11 is 0. The van der Waals surface area contributed by atoms with Crippen LogP contribution >= 0.6 is 0 Å². The molecular formula is C20H29N3O4. The molecule has 1 heterocycles. The molecule has 7 heteroatoms. The zero-order valence-electron chi connectivity index (χ0n) is 16.6. The third-order valence-electron chi connectivity index (χ3n) is 4.28. The summed E-state index contributed by atoms with van der Waals surface area (Å²) in [5, 5.41) is 2.61. The number of anilines is 1. The molecule has 1 saturated heterocycles. The number of carbonyl (C=O) groups is 3. The lowest BCUT2D eigenvalue weighted by Crippen LogP contribution is -2.49. The fraction of sp³-hybridized carbons (Fsp3) is 0.550. The van der Waals surface area contributed by atoms with Gasteiger partial charge < -0.3 is 19.9 Å². The largest absolute Gasteiger partial charge is 0.444 e. The van der Waals surface area contributed by atoms with Crippen molar-refractivity contribution in [2.24, 2.45) is 0 Å². The van der Waals surface area contributed by atoms with Crippen LogP contribution < -0.4 is 10.2 Å². The minimum atomic E-state index is -0.549. The summed E-state index contributed by atoms with van der Waals surface area (Å²) in [6.45, 7) is 9.97. The van der Waals surface area contributed by atoms with Gasteiger partial charge in [0.2, 0.25) is 5.91 Å². The van der Waals surface area contributed by atoms with Crippen LogP contribution in [-0.4, -0.2) is 61.0 Å². The number of hydrogen-bond donors (Lipinski definition) is 1. The molecule has 148 valence electrons. The Balaban J connectivity index is 1.74. The number of ether oxygens (including phenoxy) is 1. The number of benzene rings is 1. The monoisotopic (exact) mass is 375 g/mol. The van der Waals surface area contributed by atoms with Crippen LogP contribution in [0.25, 0.3) is 0 Å². The highest BCUT2D eigenvalue weighted by Crippen LogP contribution is 2.18. The lowest BCUT2D eigenvalue weighted by atomic mass is 10.1. The van der Waals surface area contributed by atoms with Crippen molar-refractivity contribution in [3.05, 3.63) is 29.8 Å². The fourth-order valence-electron chi connectivity index (χ4n) is 2.86. The van der Waals surface area contributed by atoms with Gasteiger partial charge in [0.1, 0.15) is 5.60 Å². The standard InChI is InChI=1S/C20H29N3O4/c1-15(24)16-5-7-17(8-6-16)22-11-13-23(14-12-22)18(25)9-10-21-19(26)27-20(2,3)4/h5-8H,9-14H2,1-4H3,(H,21,26). The van der Waals surface area contributed by atoms with E-state index in [9.17, 15) is 14.4 Å². The summed E-state index contributed by atoms with van der Waals surface area (Å²) in [5.74, 6) is 0.0783. The van der Waals surface area contributed by atoms with Gasteiger partial charge in [-0.15, -0.1) is 0 Å². The number of Topliss-reactive ketones (excluding diaryl/α,β-unsaturated/α-hetero) is 1. The van der Waals surface area contributed by atoms with E-state index in [4.69, 9.17) is 4.74 Å². The molecule has 1 N–H and O–H groups in total. The molecule has 1 aromatic rings. The van der Waals surface area contributed by atoms with E-state index in [1.807, 2.05) is 29.2 Å². The maximum atomic E-state index is 12.3. The van der Waals surface area contributed by atoms with Crippen molar-refractivity contribution in [3.63, 3.8) is 0 Å². The summed E-state index contributed by atoms with van der Waals surface area (Å²) in [5.41, 5.74) is 1.20. The Bertz CT molecular complexity index is 671. The number of hydrogen-bond acceptors (Lipinski definition) is 5. The SMILES string of the molecule is CC(=O)c1ccc(N2CCN(C(=O)CCNC(=O)OC(C)(C)C)CC2)cc1. The average Bonchev–Trinajstić information content (AvgIpc) is 2.60. The molecule has 2 rings (SSSR count). The van der Waals surface area contributed by atoms with Gasteiger partial charge in [-0.2, -0.15) is 0 Å². The van der Waals surface area contributed by atoms with Gasteiger partial charge in [-0.05, 0) is 52.0 Å². The number of amides is 2. The van der Waals surface area contributed by atoms with Gasteiger partial charge >= 0.3 is 6.09 Å². The number of nitrogens with zero attached hydrogens (tertiary/aromatic N) is 2. The van der Waals surface area contributed by atoms with E-state index in [-0.39, 0.29) is 24.7 Å². The van der Waals surface area contributed by atoms with E-state index in [1.165, 1.54) is 0 Å². The second-order valence-electron chi connectivity index (χ2n) is 7.65. The van der Waals surface area contributed by atoms with Crippen molar-refractivity contribution in [2.75, 3.05) is 37.6 Å². The minimum absolute atomic E-state index is 0.0256. The predicted molar refractivity (Wildman–Crippen MR) is 104 cm³/mol. The first-order valence-corrected chi connectivity index (χ1v) is 9.26. The lowest BCUT2D eigenvalue weighted by molar-refractivity contribution is -0.131. The van der Waals surface area contributed by atoms with Gasteiger partial charge in [-0.1, -0.05) is 0 Å². The summed E-state index contributed by atoms with van der Waals surface area (Å²) in [7, 11) is 0. The van der Waals surface area contributed by atoms with E-state index in [0.717, 1.165) is 18.8 Å². The zero-order valence-corrected chi connectivity index (χ0v) is 16.6. The first kappa shape index (κ1) is 20.7. The van der Waals surface area contributed by atoms with E-state index in [1.54, 1.807) is 27.7 Å². The van der Waals surface area contributed by atoms with E-state index >= 15 is 0 Å². The van der Waals surface area contributed by atoms with Gasteiger partial charge in [0.15, 0.2) is 5.78 Å². The molecule has 27 heavy (non-hydrogen) atoms. The Morgan fingerprint density at radius 2 is 1.63 bits per heavy atom. The molecule has 1 aliphatic rings. The molecule has 0 spiro atoms. The molecule has 0 aromatic heterocycles. The normalized spacial score (nSPS) is 14.7. The van der Waals surface area contributed by atoms with E-state index < -0.39 is 11.7 Å². The van der Waals surface area contributed by atoms with Crippen LogP contribution in [0.15, 0.2) is 24.3 Å². The molecule has 7 nitrogen and oxygen atoms in total. The van der Waals surface area contributed by atoms with Crippen LogP contribution in [0, 0.1) is 0 Å². The molecular weight excluding hydrogens is 346 g/mol. The van der Waals surface area contributed by atoms with Crippen molar-refractivity contribution < 1.29 is 19.1 Å². The van der Waals surface area contributed by atoms with Crippen LogP contribution in [0.5, 0.6) is 0 Å². The maximum absolute atomic E-state index is 12.3. The number of piperazine rings is 1. The highest BCUT2D eigenvalue weighted by molar-refractivity contribution is 5.94. The molecule has 1 aromatic carbocycles. The predicted octanol–water partition coefficient (Wildman–Crippen LogP) is 2.45. The number of ketones is 1. The molecule has 0 atom stereocenters. The quantitative estimate of drug-likeness (QED) is 0.800. The summed E-state index contributed by atoms with van der Waals surface area (Å²) in [6, 6.07) is 7.55. The minimum Gasteiger partial charge on any atom is -0.444 e. The van der Waals surface area contributed by atoms with Crippen molar-refractivity contribution in [1.82, 2.24) is 10.2 Å². The zero-order chi connectivity index (χ0) is 20.0. The van der Waals surface area contributed by atoms with Crippen LogP contribution in [0.4, 0.5) is 10.5 Å². The Morgan fingerprint density at radius 3 is 2.15 bits per heavy atom. The topological polar surface area (TPSA) is 79.0 Å². The molecule has 0 unspecified atom stereocenters. The van der Waals surface area contributed by atoms with Gasteiger partial charge in [0.05, 0.1) is 0 Å². The van der Waals surface area contributed by atoms with Gasteiger partial charge in [-0.25, -0.2) is 4.79 Å². The Kier molecular flexibility index (Phi) is 6.82. The number of carbonyl (C=O) groups excluding carboxylic acids is 3. The Hall–Kier alpha value is -2.57. The molecule has 1 fully saturated rings. The summed E-state index contributed by atoms with van der Waals surface area (Å²) in [4.78, 5) is 39.3. The maximum Gasteiger partial charge on any atom is 0.407 e. The van der Waals surface area contributed by atoms with Crippen molar-refractivity contribution >= 4 is 23.5 Å². The third-order valence-corrected chi connectivity index (χ3v) is 4.28. The van der Waals surface area contributed by atoms with Crippen LogP contribution in [0.1, 0.15) is 44.5 Å². The number of rotatable bonds is 5. The summed E-state index contributed by atoms with van der Waals surface area (Å²) < 4.78 is 5.15. The second-order valence-corrected chi connectivity index (χ2v) is 7.65. The second kappa shape index (κ2) is 8.88. The van der Waals surface area contributed by atoms with E-state index in [0.29, 0.717) is 18.7 Å². The molecule has 1 aliphatic heterocycles. The average molecular weight is 375 g/mol. The van der Waals surface area contributed by atoms with Crippen LogP contribution in [-0.2, 0) is 9.53 Å². The number of alkyl carbamates (subject to hydrolysis) is 1. The lowest BCUT2D eigenvalue weighted by Gasteiger charge is -2.36. The smallest absolute Gasteiger partial charge is 0.407 e. The first-order chi connectivity index (χ1) is 12.7. The van der Waals surface area contributed by atoms with Crippen LogP contribution in [0.2, 0.25) is 0 Å². The number of nitrogens with one attached hydrogen (secondary N) is 1. The highest BCUT2D eigenvalue weighted by atomic mass is 16.6. The highest BCUT2D eigenvalue weighted by Gasteiger charge is 2.22. The van der Waals surface area contributed by atoms with Crippen molar-refractivity contribution in [1.29, 1.82) is 0 Å². The molecule has 0 aliphatic carbocycles.